The van der Waals surface area contributed by atoms with Crippen molar-refractivity contribution in [3.05, 3.63) is 41.7 Å². The van der Waals surface area contributed by atoms with Gasteiger partial charge >= 0.3 is 6.03 Å². The van der Waals surface area contributed by atoms with Gasteiger partial charge in [0.1, 0.15) is 5.54 Å². The zero-order valence-corrected chi connectivity index (χ0v) is 16.5. The second-order valence-electron chi connectivity index (χ2n) is 7.67. The van der Waals surface area contributed by atoms with Gasteiger partial charge in [-0.25, -0.2) is 4.79 Å². The zero-order valence-electron chi connectivity index (χ0n) is 16.5. The van der Waals surface area contributed by atoms with E-state index in [4.69, 9.17) is 0 Å². The lowest BCUT2D eigenvalue weighted by molar-refractivity contribution is -0.121. The molecule has 0 unspecified atom stereocenters. The zero-order chi connectivity index (χ0) is 19.9. The van der Waals surface area contributed by atoms with E-state index < -0.39 is 5.54 Å². The van der Waals surface area contributed by atoms with Crippen molar-refractivity contribution >= 4 is 23.3 Å². The van der Waals surface area contributed by atoms with Crippen molar-refractivity contribution in [1.29, 1.82) is 0 Å². The molecule has 8 heteroatoms. The fourth-order valence-electron chi connectivity index (χ4n) is 4.00. The minimum Gasteiger partial charge on any atom is -0.369 e. The molecule has 0 bridgehead atoms. The van der Waals surface area contributed by atoms with Crippen molar-refractivity contribution in [3.8, 4) is 0 Å². The minimum absolute atomic E-state index is 0.0226. The van der Waals surface area contributed by atoms with Crippen molar-refractivity contribution in [2.24, 2.45) is 7.05 Å². The number of anilines is 2. The van der Waals surface area contributed by atoms with E-state index in [2.05, 4.69) is 21.0 Å². The number of carbonyl (C=O) groups is 2. The molecule has 2 aliphatic heterocycles. The number of aryl methyl sites for hydroxylation is 1. The van der Waals surface area contributed by atoms with Gasteiger partial charge in [0.2, 0.25) is 5.91 Å². The van der Waals surface area contributed by atoms with E-state index in [0.29, 0.717) is 25.9 Å². The number of piperidine rings is 1. The van der Waals surface area contributed by atoms with E-state index in [1.165, 1.54) is 0 Å². The molecule has 8 nitrogen and oxygen atoms in total. The maximum atomic E-state index is 12.7. The molecule has 0 radical (unpaired) electrons. The van der Waals surface area contributed by atoms with Gasteiger partial charge in [0, 0.05) is 31.4 Å². The monoisotopic (exact) mass is 382 g/mol. The summed E-state index contributed by atoms with van der Waals surface area (Å²) < 4.78 is 1.80. The molecule has 1 aromatic heterocycles. The molecule has 2 aliphatic rings. The Morgan fingerprint density at radius 1 is 1.25 bits per heavy atom. The predicted molar refractivity (Wildman–Crippen MR) is 107 cm³/mol. The molecule has 28 heavy (non-hydrogen) atoms. The van der Waals surface area contributed by atoms with Crippen LogP contribution in [0.1, 0.15) is 37.1 Å². The first kappa shape index (κ1) is 18.3. The lowest BCUT2D eigenvalue weighted by Crippen LogP contribution is -2.60. The highest BCUT2D eigenvalue weighted by Crippen LogP contribution is 2.36. The molecule has 1 saturated heterocycles. The number of carbonyl (C=O) groups excluding carboxylic acids is 2. The molecule has 1 atom stereocenters. The van der Waals surface area contributed by atoms with Gasteiger partial charge in [-0.15, -0.1) is 0 Å². The first-order valence-electron chi connectivity index (χ1n) is 9.62. The SMILES string of the molecule is Cc1c([C@@H](C)NC(=O)N2CCC3(CC2)Nc2ccccc2NC3=O)cnn1C. The molecule has 148 valence electrons. The number of amides is 3. The van der Waals surface area contributed by atoms with Crippen LogP contribution in [0.3, 0.4) is 0 Å². The summed E-state index contributed by atoms with van der Waals surface area (Å²) in [5, 5.41) is 13.7. The molecule has 0 saturated carbocycles. The molecule has 0 aliphatic carbocycles. The summed E-state index contributed by atoms with van der Waals surface area (Å²) in [6.45, 7) is 4.99. The molecule has 1 aromatic carbocycles. The van der Waals surface area contributed by atoms with Gasteiger partial charge < -0.3 is 20.9 Å². The summed E-state index contributed by atoms with van der Waals surface area (Å²) in [6.07, 6.45) is 2.93. The number of hydrogen-bond donors (Lipinski definition) is 3. The van der Waals surface area contributed by atoms with Gasteiger partial charge in [-0.3, -0.25) is 9.48 Å². The number of hydrogen-bond acceptors (Lipinski definition) is 4. The Labute approximate surface area is 164 Å². The third kappa shape index (κ3) is 3.08. The van der Waals surface area contributed by atoms with Crippen LogP contribution < -0.4 is 16.0 Å². The van der Waals surface area contributed by atoms with Crippen LogP contribution in [0.4, 0.5) is 16.2 Å². The van der Waals surface area contributed by atoms with E-state index >= 15 is 0 Å². The molecule has 3 heterocycles. The number of aromatic nitrogens is 2. The average molecular weight is 382 g/mol. The first-order chi connectivity index (χ1) is 13.4. The Morgan fingerprint density at radius 3 is 2.57 bits per heavy atom. The summed E-state index contributed by atoms with van der Waals surface area (Å²) in [5.41, 5.74) is 3.12. The predicted octanol–water partition coefficient (Wildman–Crippen LogP) is 2.40. The number of nitrogens with zero attached hydrogens (tertiary/aromatic N) is 3. The maximum Gasteiger partial charge on any atom is 0.317 e. The van der Waals surface area contributed by atoms with Gasteiger partial charge in [-0.05, 0) is 38.8 Å². The molecular weight excluding hydrogens is 356 g/mol. The quantitative estimate of drug-likeness (QED) is 0.744. The maximum absolute atomic E-state index is 12.7. The van der Waals surface area contributed by atoms with E-state index in [1.807, 2.05) is 45.2 Å². The normalized spacial score (nSPS) is 18.8. The van der Waals surface area contributed by atoms with Crippen molar-refractivity contribution < 1.29 is 9.59 Å². The van der Waals surface area contributed by atoms with E-state index in [0.717, 1.165) is 22.6 Å². The summed E-state index contributed by atoms with van der Waals surface area (Å²) >= 11 is 0. The molecule has 2 aromatic rings. The molecular formula is C20H26N6O2. The minimum atomic E-state index is -0.656. The Bertz CT molecular complexity index is 913. The fourth-order valence-corrected chi connectivity index (χ4v) is 4.00. The first-order valence-corrected chi connectivity index (χ1v) is 9.62. The highest BCUT2D eigenvalue weighted by molar-refractivity contribution is 6.06. The van der Waals surface area contributed by atoms with Crippen molar-refractivity contribution in [3.63, 3.8) is 0 Å². The van der Waals surface area contributed by atoms with Gasteiger partial charge in [0.25, 0.3) is 0 Å². The molecule has 1 spiro atoms. The van der Waals surface area contributed by atoms with Crippen LogP contribution in [0.2, 0.25) is 0 Å². The van der Waals surface area contributed by atoms with E-state index in [1.54, 1.807) is 15.8 Å². The van der Waals surface area contributed by atoms with Crippen LogP contribution in [0, 0.1) is 6.92 Å². The summed E-state index contributed by atoms with van der Waals surface area (Å²) in [5.74, 6) is -0.0226. The number of likely N-dealkylation sites (tertiary alicyclic amines) is 1. The van der Waals surface area contributed by atoms with Crippen LogP contribution in [0.25, 0.3) is 0 Å². The second kappa shape index (κ2) is 6.85. The lowest BCUT2D eigenvalue weighted by atomic mass is 9.84. The van der Waals surface area contributed by atoms with Gasteiger partial charge in [0.05, 0.1) is 23.6 Å². The van der Waals surface area contributed by atoms with Gasteiger partial charge in [-0.2, -0.15) is 5.10 Å². The highest BCUT2D eigenvalue weighted by atomic mass is 16.2. The Morgan fingerprint density at radius 2 is 1.93 bits per heavy atom. The number of rotatable bonds is 2. The number of para-hydroxylation sites is 2. The highest BCUT2D eigenvalue weighted by Gasteiger charge is 2.45. The van der Waals surface area contributed by atoms with Crippen molar-refractivity contribution in [1.82, 2.24) is 20.0 Å². The topological polar surface area (TPSA) is 91.3 Å². The largest absolute Gasteiger partial charge is 0.369 e. The number of nitrogens with one attached hydrogen (secondary N) is 3. The summed E-state index contributed by atoms with van der Waals surface area (Å²) in [7, 11) is 1.89. The summed E-state index contributed by atoms with van der Waals surface area (Å²) in [4.78, 5) is 27.2. The van der Waals surface area contributed by atoms with Crippen LogP contribution in [0.5, 0.6) is 0 Å². The average Bonchev–Trinajstić information content (AvgIpc) is 3.02. The van der Waals surface area contributed by atoms with Crippen LogP contribution in [-0.4, -0.2) is 45.2 Å². The second-order valence-corrected chi connectivity index (χ2v) is 7.67. The third-order valence-corrected chi connectivity index (χ3v) is 5.97. The Balaban J connectivity index is 1.39. The van der Waals surface area contributed by atoms with Gasteiger partial charge in [-0.1, -0.05) is 12.1 Å². The molecule has 3 N–H and O–H groups in total. The van der Waals surface area contributed by atoms with Crippen molar-refractivity contribution in [2.45, 2.75) is 38.3 Å². The molecule has 1 fully saturated rings. The Hall–Kier alpha value is -3.03. The standard InChI is InChI=1S/C20H26N6O2/c1-13(15-12-21-25(3)14(15)2)22-19(28)26-10-8-20(9-11-26)18(27)23-16-6-4-5-7-17(16)24-20/h4-7,12-13,24H,8-11H2,1-3H3,(H,22,28)(H,23,27)/t13-/m1/s1. The Kier molecular flexibility index (Phi) is 4.49. The van der Waals surface area contributed by atoms with Crippen LogP contribution >= 0.6 is 0 Å². The van der Waals surface area contributed by atoms with Crippen LogP contribution in [0.15, 0.2) is 30.5 Å². The smallest absolute Gasteiger partial charge is 0.317 e. The van der Waals surface area contributed by atoms with E-state index in [-0.39, 0.29) is 18.0 Å². The molecule has 4 rings (SSSR count). The number of fused-ring (bicyclic) bond motifs is 1. The van der Waals surface area contributed by atoms with Crippen molar-refractivity contribution in [2.75, 3.05) is 23.7 Å². The van der Waals surface area contributed by atoms with E-state index in [9.17, 15) is 9.59 Å². The number of urea groups is 1. The summed E-state index contributed by atoms with van der Waals surface area (Å²) in [6, 6.07) is 7.46. The third-order valence-electron chi connectivity index (χ3n) is 5.97. The number of benzene rings is 1. The molecule has 3 amide bonds. The van der Waals surface area contributed by atoms with Gasteiger partial charge in [0.15, 0.2) is 0 Å². The fraction of sp³-hybridized carbons (Fsp3) is 0.450. The lowest BCUT2D eigenvalue weighted by Gasteiger charge is -2.44. The van der Waals surface area contributed by atoms with Crippen LogP contribution in [-0.2, 0) is 11.8 Å².